The van der Waals surface area contributed by atoms with Gasteiger partial charge in [-0.05, 0) is 0 Å². The first-order valence-electron chi connectivity index (χ1n) is 7.63. The fraction of sp³-hybridized carbons (Fsp3) is 0.294. The van der Waals surface area contributed by atoms with Crippen molar-refractivity contribution in [1.29, 1.82) is 0 Å². The molecule has 0 aromatic heterocycles. The zero-order chi connectivity index (χ0) is 17.1. The van der Waals surface area contributed by atoms with Crippen molar-refractivity contribution in [3.05, 3.63) is 41.7 Å². The summed E-state index contributed by atoms with van der Waals surface area (Å²) in [6, 6.07) is 9.19. The second kappa shape index (κ2) is 5.96. The number of fused-ring (bicyclic) bond motifs is 3. The zero-order valence-electron chi connectivity index (χ0n) is 13.6. The van der Waals surface area contributed by atoms with Crippen LogP contribution < -0.4 is 5.46 Å². The molecule has 4 rings (SSSR count). The van der Waals surface area contributed by atoms with Crippen molar-refractivity contribution in [3.8, 4) is 11.6 Å². The van der Waals surface area contributed by atoms with E-state index in [1.54, 1.807) is 6.07 Å². The Morgan fingerprint density at radius 2 is 2.00 bits per heavy atom. The third-order valence-corrected chi connectivity index (χ3v) is 16.2. The van der Waals surface area contributed by atoms with Crippen molar-refractivity contribution in [3.63, 3.8) is 0 Å². The quantitative estimate of drug-likeness (QED) is 0.308. The summed E-state index contributed by atoms with van der Waals surface area (Å²) < 4.78 is 27.3. The molecule has 0 radical (unpaired) electrons. The molecule has 0 aliphatic carbocycles. The Hall–Kier alpha value is -0.123. The van der Waals surface area contributed by atoms with Crippen molar-refractivity contribution in [2.75, 3.05) is 0 Å². The van der Waals surface area contributed by atoms with Crippen LogP contribution in [0.3, 0.4) is 0 Å². The van der Waals surface area contributed by atoms with Gasteiger partial charge in [0.2, 0.25) is 0 Å². The molecule has 2 atom stereocenters. The molecule has 2 nitrogen and oxygen atoms in total. The summed E-state index contributed by atoms with van der Waals surface area (Å²) >= 11 is 0.731. The van der Waals surface area contributed by atoms with Gasteiger partial charge in [0.05, 0.1) is 0 Å². The Bertz CT molecular complexity index is 913. The SMILES string of the molecule is CC1(C)OB2OC1(C)P([S][Tl])C#Cc1c(F)ccc3cccc2c13. The average Bonchev–Trinajstić information content (AvgIpc) is 2.81. The average molecular weight is 548 g/mol. The number of benzene rings is 2. The summed E-state index contributed by atoms with van der Waals surface area (Å²) in [4.78, 5) is 0. The molecule has 2 heterocycles. The van der Waals surface area contributed by atoms with Gasteiger partial charge in [-0.1, -0.05) is 0 Å². The van der Waals surface area contributed by atoms with E-state index in [2.05, 4.69) is 32.4 Å². The Morgan fingerprint density at radius 1 is 1.21 bits per heavy atom. The van der Waals surface area contributed by atoms with Gasteiger partial charge in [-0.15, -0.1) is 0 Å². The molecule has 7 heteroatoms. The second-order valence-corrected chi connectivity index (χ2v) is 17.5. The topological polar surface area (TPSA) is 18.5 Å². The van der Waals surface area contributed by atoms with E-state index in [4.69, 9.17) is 9.31 Å². The molecule has 24 heavy (non-hydrogen) atoms. The monoisotopic (exact) mass is 548 g/mol. The summed E-state index contributed by atoms with van der Waals surface area (Å²) in [5.74, 6) is 2.88. The molecular weight excluding hydrogens is 533 g/mol. The third-order valence-electron chi connectivity index (χ3n) is 4.91. The standard InChI is InChI=1S/C17H14BFO2PS.Tl/c1-16(2)17(3)21-18(20-16)13-6-4-5-11-7-8-14(19)12(15(11)13)9-10-22(17)23;/h4-8H,1-3H3;/q-1;+1. The first-order chi connectivity index (χ1) is 11.4. The molecule has 118 valence electrons. The minimum absolute atomic E-state index is 0.277. The summed E-state index contributed by atoms with van der Waals surface area (Å²) in [5.41, 5.74) is 4.23. The Morgan fingerprint density at radius 3 is 2.75 bits per heavy atom. The summed E-state index contributed by atoms with van der Waals surface area (Å²) in [5, 5.41) is 1.29. The zero-order valence-corrected chi connectivity index (χ0v) is 19.8. The van der Waals surface area contributed by atoms with E-state index >= 15 is 0 Å². The van der Waals surface area contributed by atoms with E-state index < -0.39 is 25.2 Å². The molecule has 0 N–H and O–H groups in total. The molecule has 0 saturated carbocycles. The van der Waals surface area contributed by atoms with E-state index in [1.807, 2.05) is 26.1 Å². The molecule has 0 amide bonds. The Labute approximate surface area is 160 Å². The second-order valence-electron chi connectivity index (χ2n) is 6.57. The van der Waals surface area contributed by atoms with Crippen molar-refractivity contribution in [1.82, 2.24) is 0 Å². The molecule has 0 spiro atoms. The molecule has 2 aromatic carbocycles. The van der Waals surface area contributed by atoms with Crippen LogP contribution in [0.15, 0.2) is 30.3 Å². The molecule has 2 aromatic rings. The molecular formula is C17H14BFO2PSTl. The van der Waals surface area contributed by atoms with E-state index in [9.17, 15) is 4.39 Å². The van der Waals surface area contributed by atoms with Crippen LogP contribution in [0.25, 0.3) is 10.8 Å². The maximum atomic E-state index is 14.5. The van der Waals surface area contributed by atoms with Gasteiger partial charge in [0, 0.05) is 0 Å². The van der Waals surface area contributed by atoms with E-state index in [0.717, 1.165) is 40.5 Å². The summed E-state index contributed by atoms with van der Waals surface area (Å²) in [7, 11) is 0.537. The van der Waals surface area contributed by atoms with Crippen LogP contribution in [0.2, 0.25) is 0 Å². The third kappa shape index (κ3) is 2.41. The maximum absolute atomic E-state index is 14.5. The Balaban J connectivity index is 2.08. The van der Waals surface area contributed by atoms with Crippen LogP contribution in [0, 0.1) is 17.4 Å². The number of halogens is 1. The molecule has 2 bridgehead atoms. The van der Waals surface area contributed by atoms with Crippen LogP contribution in [0.5, 0.6) is 0 Å². The first kappa shape index (κ1) is 17.3. The van der Waals surface area contributed by atoms with Gasteiger partial charge in [0.15, 0.2) is 0 Å². The van der Waals surface area contributed by atoms with Crippen LogP contribution in [0.4, 0.5) is 4.39 Å². The van der Waals surface area contributed by atoms with E-state index in [0.29, 0.717) is 5.56 Å². The van der Waals surface area contributed by atoms with Gasteiger partial charge in [0.1, 0.15) is 0 Å². The van der Waals surface area contributed by atoms with Crippen molar-refractivity contribution in [2.45, 2.75) is 31.7 Å². The molecule has 2 aliphatic rings. The van der Waals surface area contributed by atoms with Crippen LogP contribution in [0.1, 0.15) is 26.3 Å². The summed E-state index contributed by atoms with van der Waals surface area (Å²) in [6.45, 7) is 6.23. The first-order valence-corrected chi connectivity index (χ1v) is 16.0. The minimum atomic E-state index is -0.804. The predicted molar refractivity (Wildman–Crippen MR) is 101 cm³/mol. The molecule has 2 unspecified atom stereocenters. The van der Waals surface area contributed by atoms with E-state index in [1.165, 1.54) is 6.07 Å². The van der Waals surface area contributed by atoms with Crippen LogP contribution in [-0.2, 0) is 9.31 Å². The van der Waals surface area contributed by atoms with Gasteiger partial charge in [-0.3, -0.25) is 0 Å². The van der Waals surface area contributed by atoms with Gasteiger partial charge in [-0.25, -0.2) is 0 Å². The number of hydrogen-bond acceptors (Lipinski definition) is 3. The fourth-order valence-electron chi connectivity index (χ4n) is 3.21. The van der Waals surface area contributed by atoms with Gasteiger partial charge >= 0.3 is 161 Å². The molecule has 1 saturated heterocycles. The van der Waals surface area contributed by atoms with Crippen molar-refractivity contribution < 1.29 is 13.7 Å². The fourth-order valence-corrected chi connectivity index (χ4v) is 15.2. The van der Waals surface area contributed by atoms with Gasteiger partial charge in [0.25, 0.3) is 0 Å². The summed E-state index contributed by atoms with van der Waals surface area (Å²) in [6.07, 6.45) is 0. The normalized spacial score (nSPS) is 27.1. The van der Waals surface area contributed by atoms with Crippen molar-refractivity contribution in [2.24, 2.45) is 0 Å². The predicted octanol–water partition coefficient (Wildman–Crippen LogP) is 3.75. The van der Waals surface area contributed by atoms with Gasteiger partial charge < -0.3 is 0 Å². The molecule has 2 aliphatic heterocycles. The Kier molecular flexibility index (Phi) is 4.29. The van der Waals surface area contributed by atoms with Gasteiger partial charge in [-0.2, -0.15) is 0 Å². The van der Waals surface area contributed by atoms with Crippen LogP contribution in [-0.4, -0.2) is 42.3 Å². The molecule has 1 fully saturated rings. The number of hydrogen-bond donors (Lipinski definition) is 0. The van der Waals surface area contributed by atoms with Crippen LogP contribution >= 0.6 is 15.1 Å². The van der Waals surface area contributed by atoms with Crippen molar-refractivity contribution >= 4 is 62.7 Å². The number of rotatable bonds is 1. The van der Waals surface area contributed by atoms with E-state index in [-0.39, 0.29) is 5.82 Å².